The molecule has 3 N–H and O–H groups in total. The number of nitrogens with one attached hydrogen (secondary N) is 1. The maximum Gasteiger partial charge on any atom is 0.403 e. The molecule has 8 nitrogen and oxygen atoms in total. The number of hydrogen-bond donors (Lipinski definition) is 2. The standard InChI is InChI=1S/C24H24Cl2F3N5O3/c1-12-5-17(9-31-19(12)30)32-20(35)21(36)34-10-13(2)33(22(37)23(3-4-23)24(27,28)29)11-18(34)14-6-15(25)8-16(26)7-14/h5-9,13,18H,3-4,10-11H2,1-2H3,(H2,30,31)(H,32,35)/t13-,18-/m1/s1. The molecule has 1 saturated heterocycles. The molecule has 13 heteroatoms. The Morgan fingerprint density at radius 2 is 1.70 bits per heavy atom. The summed E-state index contributed by atoms with van der Waals surface area (Å²) in [5, 5.41) is 2.93. The van der Waals surface area contributed by atoms with Crippen LogP contribution in [0.4, 0.5) is 24.7 Å². The zero-order chi connectivity index (χ0) is 27.3. The van der Waals surface area contributed by atoms with Gasteiger partial charge in [0.2, 0.25) is 5.91 Å². The molecule has 1 saturated carbocycles. The highest BCUT2D eigenvalue weighted by Crippen LogP contribution is 2.59. The number of halogens is 5. The van der Waals surface area contributed by atoms with E-state index in [-0.39, 0.29) is 47.5 Å². The van der Waals surface area contributed by atoms with Crippen LogP contribution >= 0.6 is 23.2 Å². The number of piperazine rings is 1. The SMILES string of the molecule is Cc1cc(NC(=O)C(=O)N2C[C@@H](C)N(C(=O)C3(C(F)(F)F)CC3)C[C@@H]2c2cc(Cl)cc(Cl)c2)cnc1N. The van der Waals surface area contributed by atoms with E-state index >= 15 is 0 Å². The number of hydrogen-bond acceptors (Lipinski definition) is 5. The van der Waals surface area contributed by atoms with E-state index in [1.807, 2.05) is 0 Å². The summed E-state index contributed by atoms with van der Waals surface area (Å²) in [6.07, 6.45) is -3.96. The fraction of sp³-hybridized carbons (Fsp3) is 0.417. The highest BCUT2D eigenvalue weighted by molar-refractivity contribution is 6.39. The molecule has 0 spiro atoms. The second-order valence-electron chi connectivity index (χ2n) is 9.44. The van der Waals surface area contributed by atoms with Gasteiger partial charge in [0.1, 0.15) is 11.2 Å². The molecule has 4 rings (SSSR count). The molecular formula is C24H24Cl2F3N5O3. The first kappa shape index (κ1) is 27.0. The van der Waals surface area contributed by atoms with E-state index in [4.69, 9.17) is 28.9 Å². The van der Waals surface area contributed by atoms with E-state index in [1.165, 1.54) is 36.2 Å². The molecule has 0 radical (unpaired) electrons. The predicted molar refractivity (Wildman–Crippen MR) is 132 cm³/mol. The molecule has 2 aliphatic rings. The first-order valence-corrected chi connectivity index (χ1v) is 12.2. The van der Waals surface area contributed by atoms with Gasteiger partial charge in [-0.1, -0.05) is 23.2 Å². The van der Waals surface area contributed by atoms with Crippen LogP contribution in [0.25, 0.3) is 0 Å². The van der Waals surface area contributed by atoms with E-state index in [0.29, 0.717) is 11.1 Å². The average molecular weight is 558 g/mol. The maximum atomic E-state index is 13.7. The summed E-state index contributed by atoms with van der Waals surface area (Å²) >= 11 is 12.3. The summed E-state index contributed by atoms with van der Waals surface area (Å²) in [5.74, 6) is -2.69. The van der Waals surface area contributed by atoms with Gasteiger partial charge in [0.05, 0.1) is 17.9 Å². The fourth-order valence-electron chi connectivity index (χ4n) is 4.52. The minimum absolute atomic E-state index is 0.181. The van der Waals surface area contributed by atoms with E-state index in [9.17, 15) is 27.6 Å². The summed E-state index contributed by atoms with van der Waals surface area (Å²) in [4.78, 5) is 45.6. The first-order valence-electron chi connectivity index (χ1n) is 11.4. The number of carbonyl (C=O) groups excluding carboxylic acids is 3. The molecule has 0 unspecified atom stereocenters. The average Bonchev–Trinajstić information content (AvgIpc) is 3.62. The summed E-state index contributed by atoms with van der Waals surface area (Å²) in [5.41, 5.74) is 4.50. The van der Waals surface area contributed by atoms with Crippen molar-refractivity contribution in [1.29, 1.82) is 0 Å². The number of rotatable bonds is 3. The third-order valence-electron chi connectivity index (χ3n) is 6.80. The Kier molecular flexibility index (Phi) is 7.06. The van der Waals surface area contributed by atoms with Gasteiger partial charge in [-0.2, -0.15) is 13.2 Å². The van der Waals surface area contributed by atoms with Gasteiger partial charge in [0.15, 0.2) is 0 Å². The molecule has 1 aromatic heterocycles. The molecule has 2 aromatic rings. The Hall–Kier alpha value is -3.05. The van der Waals surface area contributed by atoms with Gasteiger partial charge in [0.25, 0.3) is 0 Å². The Labute approximate surface area is 220 Å². The Morgan fingerprint density at radius 1 is 1.08 bits per heavy atom. The van der Waals surface area contributed by atoms with Gasteiger partial charge in [-0.25, -0.2) is 4.98 Å². The van der Waals surface area contributed by atoms with E-state index in [0.717, 1.165) is 4.90 Å². The van der Waals surface area contributed by atoms with Crippen LogP contribution in [0.2, 0.25) is 10.0 Å². The molecule has 37 heavy (non-hydrogen) atoms. The van der Waals surface area contributed by atoms with Crippen molar-refractivity contribution in [2.75, 3.05) is 24.1 Å². The molecule has 2 atom stereocenters. The van der Waals surface area contributed by atoms with Crippen LogP contribution in [-0.2, 0) is 14.4 Å². The number of benzene rings is 1. The van der Waals surface area contributed by atoms with E-state index in [2.05, 4.69) is 10.3 Å². The molecular weight excluding hydrogens is 534 g/mol. The van der Waals surface area contributed by atoms with Gasteiger partial charge in [0, 0.05) is 29.2 Å². The van der Waals surface area contributed by atoms with Crippen LogP contribution in [0.15, 0.2) is 30.5 Å². The van der Waals surface area contributed by atoms with Gasteiger partial charge in [-0.3, -0.25) is 14.4 Å². The van der Waals surface area contributed by atoms with Gasteiger partial charge < -0.3 is 20.9 Å². The van der Waals surface area contributed by atoms with Crippen molar-refractivity contribution < 1.29 is 27.6 Å². The minimum Gasteiger partial charge on any atom is -0.383 e. The number of amides is 3. The number of nitrogens with two attached hydrogens (primary N) is 1. The van der Waals surface area contributed by atoms with Crippen molar-refractivity contribution in [2.24, 2.45) is 5.41 Å². The third kappa shape index (κ3) is 5.19. The Morgan fingerprint density at radius 3 is 2.24 bits per heavy atom. The molecule has 3 amide bonds. The molecule has 198 valence electrons. The summed E-state index contributed by atoms with van der Waals surface area (Å²) in [6, 6.07) is 4.25. The minimum atomic E-state index is -4.68. The van der Waals surface area contributed by atoms with Crippen LogP contribution < -0.4 is 11.1 Å². The molecule has 1 aromatic carbocycles. The Bertz CT molecular complexity index is 1250. The quantitative estimate of drug-likeness (QED) is 0.545. The van der Waals surface area contributed by atoms with Crippen LogP contribution in [0.1, 0.15) is 36.9 Å². The number of nitrogen functional groups attached to an aromatic ring is 1. The van der Waals surface area contributed by atoms with E-state index in [1.54, 1.807) is 13.0 Å². The van der Waals surface area contributed by atoms with Crippen LogP contribution in [0, 0.1) is 12.3 Å². The lowest BCUT2D eigenvalue weighted by Crippen LogP contribution is -2.60. The molecule has 2 heterocycles. The smallest absolute Gasteiger partial charge is 0.383 e. The number of aromatic nitrogens is 1. The Balaban J connectivity index is 1.65. The van der Waals surface area contributed by atoms with Gasteiger partial charge in [-0.05, 0) is 62.1 Å². The number of pyridine rings is 1. The molecule has 0 bridgehead atoms. The van der Waals surface area contributed by atoms with Crippen molar-refractivity contribution in [3.8, 4) is 0 Å². The molecule has 2 fully saturated rings. The van der Waals surface area contributed by atoms with Crippen LogP contribution in [-0.4, -0.2) is 57.8 Å². The fourth-order valence-corrected chi connectivity index (χ4v) is 5.07. The molecule has 1 aliphatic carbocycles. The number of aryl methyl sites for hydroxylation is 1. The van der Waals surface area contributed by atoms with E-state index < -0.39 is 41.4 Å². The zero-order valence-corrected chi connectivity index (χ0v) is 21.4. The number of nitrogens with zero attached hydrogens (tertiary/aromatic N) is 3. The lowest BCUT2D eigenvalue weighted by Gasteiger charge is -2.46. The van der Waals surface area contributed by atoms with Gasteiger partial charge >= 0.3 is 18.0 Å². The summed E-state index contributed by atoms with van der Waals surface area (Å²) < 4.78 is 41.1. The number of anilines is 2. The highest BCUT2D eigenvalue weighted by Gasteiger charge is 2.70. The highest BCUT2D eigenvalue weighted by atomic mass is 35.5. The van der Waals surface area contributed by atoms with Crippen molar-refractivity contribution in [2.45, 2.75) is 44.9 Å². The van der Waals surface area contributed by atoms with Crippen molar-refractivity contribution in [1.82, 2.24) is 14.8 Å². The predicted octanol–water partition coefficient (Wildman–Crippen LogP) is 4.36. The number of alkyl halides is 3. The lowest BCUT2D eigenvalue weighted by molar-refractivity contribution is -0.201. The third-order valence-corrected chi connectivity index (χ3v) is 7.24. The van der Waals surface area contributed by atoms with Crippen LogP contribution in [0.3, 0.4) is 0 Å². The monoisotopic (exact) mass is 557 g/mol. The number of carbonyl (C=O) groups is 3. The van der Waals surface area contributed by atoms with Gasteiger partial charge in [-0.15, -0.1) is 0 Å². The summed E-state index contributed by atoms with van der Waals surface area (Å²) in [6.45, 7) is 2.77. The topological polar surface area (TPSA) is 109 Å². The van der Waals surface area contributed by atoms with Crippen molar-refractivity contribution in [3.63, 3.8) is 0 Å². The van der Waals surface area contributed by atoms with Crippen molar-refractivity contribution >= 4 is 52.4 Å². The first-order chi connectivity index (χ1) is 17.2. The second-order valence-corrected chi connectivity index (χ2v) is 10.3. The molecule has 1 aliphatic heterocycles. The van der Waals surface area contributed by atoms with Crippen LogP contribution in [0.5, 0.6) is 0 Å². The largest absolute Gasteiger partial charge is 0.403 e. The summed E-state index contributed by atoms with van der Waals surface area (Å²) in [7, 11) is 0. The lowest BCUT2D eigenvalue weighted by atomic mass is 9.96. The second kappa shape index (κ2) is 9.68. The normalized spacial score (nSPS) is 20.9. The zero-order valence-electron chi connectivity index (χ0n) is 19.9. The van der Waals surface area contributed by atoms with Crippen molar-refractivity contribution in [3.05, 3.63) is 51.6 Å². The maximum absolute atomic E-state index is 13.7.